The third-order valence-corrected chi connectivity index (χ3v) is 2.43. The van der Waals surface area contributed by atoms with Crippen LogP contribution in [0.5, 0.6) is 5.75 Å². The number of methoxy groups -OCH3 is 1. The van der Waals surface area contributed by atoms with Gasteiger partial charge in [0.15, 0.2) is 0 Å². The summed E-state index contributed by atoms with van der Waals surface area (Å²) in [5.41, 5.74) is 0.273. The highest BCUT2D eigenvalue weighted by Crippen LogP contribution is 2.15. The summed E-state index contributed by atoms with van der Waals surface area (Å²) in [5.74, 6) is -1.20. The van der Waals surface area contributed by atoms with Crippen molar-refractivity contribution in [3.63, 3.8) is 0 Å². The number of aromatic nitrogens is 1. The molecule has 0 saturated heterocycles. The molecule has 0 aliphatic rings. The van der Waals surface area contributed by atoms with Crippen LogP contribution in [-0.2, 0) is 4.79 Å². The number of carbonyl (C=O) groups excluding carboxylic acids is 1. The van der Waals surface area contributed by atoms with E-state index in [1.807, 2.05) is 6.92 Å². The van der Waals surface area contributed by atoms with Crippen LogP contribution in [0.3, 0.4) is 0 Å². The van der Waals surface area contributed by atoms with Crippen molar-refractivity contribution < 1.29 is 19.4 Å². The smallest absolute Gasteiger partial charge is 0.326 e. The molecule has 1 amide bonds. The van der Waals surface area contributed by atoms with Crippen LogP contribution in [0.4, 0.5) is 0 Å². The van der Waals surface area contributed by atoms with Crippen molar-refractivity contribution in [2.75, 3.05) is 7.11 Å². The number of carboxylic acids is 1. The Balaban J connectivity index is 2.83. The summed E-state index contributed by atoms with van der Waals surface area (Å²) in [4.78, 5) is 26.7. The molecule has 1 atom stereocenters. The van der Waals surface area contributed by atoms with Gasteiger partial charge in [-0.05, 0) is 12.5 Å². The normalized spacial score (nSPS) is 11.7. The average Bonchev–Trinajstić information content (AvgIpc) is 2.37. The highest BCUT2D eigenvalue weighted by molar-refractivity contribution is 5.98. The van der Waals surface area contributed by atoms with Crippen LogP contribution in [0.1, 0.15) is 30.1 Å². The lowest BCUT2D eigenvalue weighted by Gasteiger charge is -2.14. The van der Waals surface area contributed by atoms with E-state index in [4.69, 9.17) is 9.84 Å². The second-order valence-electron chi connectivity index (χ2n) is 3.73. The lowest BCUT2D eigenvalue weighted by Crippen LogP contribution is -2.40. The molecule has 2 N–H and O–H groups in total. The van der Waals surface area contributed by atoms with Crippen LogP contribution in [0.25, 0.3) is 0 Å². The Morgan fingerprint density at radius 1 is 1.56 bits per heavy atom. The number of carbonyl (C=O) groups is 2. The van der Waals surface area contributed by atoms with Gasteiger partial charge in [0, 0.05) is 6.20 Å². The van der Waals surface area contributed by atoms with Crippen LogP contribution in [0.15, 0.2) is 18.5 Å². The minimum absolute atomic E-state index is 0.273. The number of amides is 1. The third kappa shape index (κ3) is 3.44. The molecule has 0 saturated carbocycles. The first kappa shape index (κ1) is 14.0. The van der Waals surface area contributed by atoms with Gasteiger partial charge < -0.3 is 15.2 Å². The third-order valence-electron chi connectivity index (χ3n) is 2.43. The van der Waals surface area contributed by atoms with E-state index in [-0.39, 0.29) is 5.56 Å². The van der Waals surface area contributed by atoms with Gasteiger partial charge in [-0.25, -0.2) is 4.79 Å². The molecule has 98 valence electrons. The van der Waals surface area contributed by atoms with Gasteiger partial charge in [-0.15, -0.1) is 0 Å². The average molecular weight is 252 g/mol. The zero-order chi connectivity index (χ0) is 13.5. The zero-order valence-electron chi connectivity index (χ0n) is 10.3. The number of nitrogens with zero attached hydrogens (tertiary/aromatic N) is 1. The Bertz CT molecular complexity index is 434. The number of nitrogens with one attached hydrogen (secondary N) is 1. The summed E-state index contributed by atoms with van der Waals surface area (Å²) in [7, 11) is 1.43. The standard InChI is InChI=1S/C12H16N2O4/c1-3-4-9(12(16)17)14-11(15)8-5-6-13-7-10(8)18-2/h5-7,9H,3-4H2,1-2H3,(H,14,15)(H,16,17)/t9-/m0/s1. The predicted molar refractivity (Wildman–Crippen MR) is 64.6 cm³/mol. The monoisotopic (exact) mass is 252 g/mol. The van der Waals surface area contributed by atoms with Crippen molar-refractivity contribution in [3.8, 4) is 5.75 Å². The van der Waals surface area contributed by atoms with E-state index in [2.05, 4.69) is 10.3 Å². The molecule has 18 heavy (non-hydrogen) atoms. The molecule has 0 spiro atoms. The molecule has 0 aliphatic heterocycles. The highest BCUT2D eigenvalue weighted by atomic mass is 16.5. The van der Waals surface area contributed by atoms with E-state index in [9.17, 15) is 9.59 Å². The highest BCUT2D eigenvalue weighted by Gasteiger charge is 2.21. The van der Waals surface area contributed by atoms with Gasteiger partial charge in [-0.1, -0.05) is 13.3 Å². The number of rotatable bonds is 6. The van der Waals surface area contributed by atoms with Crippen molar-refractivity contribution in [2.24, 2.45) is 0 Å². The van der Waals surface area contributed by atoms with Crippen molar-refractivity contribution in [3.05, 3.63) is 24.0 Å². The molecule has 0 aliphatic carbocycles. The van der Waals surface area contributed by atoms with E-state index in [1.165, 1.54) is 25.6 Å². The topological polar surface area (TPSA) is 88.5 Å². The second kappa shape index (κ2) is 6.58. The number of pyridine rings is 1. The van der Waals surface area contributed by atoms with Gasteiger partial charge in [-0.3, -0.25) is 9.78 Å². The van der Waals surface area contributed by atoms with Crippen LogP contribution in [0, 0.1) is 0 Å². The SMILES string of the molecule is CCC[C@H](NC(=O)c1ccncc1OC)C(=O)O. The fourth-order valence-electron chi connectivity index (χ4n) is 1.51. The van der Waals surface area contributed by atoms with Crippen LogP contribution in [-0.4, -0.2) is 35.1 Å². The molecule has 0 radical (unpaired) electrons. The summed E-state index contributed by atoms with van der Waals surface area (Å²) in [6, 6.07) is 0.597. The maximum absolute atomic E-state index is 11.9. The first-order valence-electron chi connectivity index (χ1n) is 5.61. The molecule has 1 rings (SSSR count). The van der Waals surface area contributed by atoms with Crippen LogP contribution in [0.2, 0.25) is 0 Å². The fraction of sp³-hybridized carbons (Fsp3) is 0.417. The van der Waals surface area contributed by atoms with Gasteiger partial charge >= 0.3 is 5.97 Å². The molecular weight excluding hydrogens is 236 g/mol. The minimum Gasteiger partial charge on any atom is -0.494 e. The first-order chi connectivity index (χ1) is 8.60. The summed E-state index contributed by atoms with van der Waals surface area (Å²) < 4.78 is 5.00. The summed E-state index contributed by atoms with van der Waals surface area (Å²) in [6.07, 6.45) is 3.91. The van der Waals surface area contributed by atoms with Crippen LogP contribution >= 0.6 is 0 Å². The van der Waals surface area contributed by atoms with E-state index < -0.39 is 17.9 Å². The molecular formula is C12H16N2O4. The Hall–Kier alpha value is -2.11. The molecule has 1 heterocycles. The van der Waals surface area contributed by atoms with E-state index in [1.54, 1.807) is 0 Å². The number of hydrogen-bond donors (Lipinski definition) is 2. The lowest BCUT2D eigenvalue weighted by molar-refractivity contribution is -0.139. The second-order valence-corrected chi connectivity index (χ2v) is 3.73. The number of aliphatic carboxylic acids is 1. The molecule has 0 unspecified atom stereocenters. The van der Waals surface area contributed by atoms with Crippen molar-refractivity contribution in [2.45, 2.75) is 25.8 Å². The van der Waals surface area contributed by atoms with Gasteiger partial charge in [0.1, 0.15) is 11.8 Å². The Morgan fingerprint density at radius 2 is 2.28 bits per heavy atom. The number of hydrogen-bond acceptors (Lipinski definition) is 4. The zero-order valence-corrected chi connectivity index (χ0v) is 10.3. The fourth-order valence-corrected chi connectivity index (χ4v) is 1.51. The Morgan fingerprint density at radius 3 is 2.83 bits per heavy atom. The minimum atomic E-state index is -1.04. The van der Waals surface area contributed by atoms with Gasteiger partial charge in [0.2, 0.25) is 0 Å². The van der Waals surface area contributed by atoms with E-state index in [0.29, 0.717) is 18.6 Å². The molecule has 0 bridgehead atoms. The van der Waals surface area contributed by atoms with Crippen LogP contribution < -0.4 is 10.1 Å². The lowest BCUT2D eigenvalue weighted by atomic mass is 10.1. The molecule has 0 fully saturated rings. The number of ether oxygens (including phenoxy) is 1. The Kier molecular flexibility index (Phi) is 5.10. The quantitative estimate of drug-likeness (QED) is 0.790. The molecule has 0 aromatic carbocycles. The van der Waals surface area contributed by atoms with Crippen molar-refractivity contribution in [1.29, 1.82) is 0 Å². The van der Waals surface area contributed by atoms with Gasteiger partial charge in [0.05, 0.1) is 18.9 Å². The van der Waals surface area contributed by atoms with E-state index >= 15 is 0 Å². The molecule has 1 aromatic heterocycles. The van der Waals surface area contributed by atoms with Crippen molar-refractivity contribution >= 4 is 11.9 Å². The first-order valence-corrected chi connectivity index (χ1v) is 5.61. The summed E-state index contributed by atoms with van der Waals surface area (Å²) >= 11 is 0. The molecule has 6 nitrogen and oxygen atoms in total. The van der Waals surface area contributed by atoms with Gasteiger partial charge in [-0.2, -0.15) is 0 Å². The Labute approximate surface area is 105 Å². The molecule has 1 aromatic rings. The predicted octanol–water partition coefficient (Wildman–Crippen LogP) is 1.07. The summed E-state index contributed by atoms with van der Waals surface area (Å²) in [5, 5.41) is 11.4. The molecule has 6 heteroatoms. The maximum Gasteiger partial charge on any atom is 0.326 e. The van der Waals surface area contributed by atoms with E-state index in [0.717, 1.165) is 0 Å². The summed E-state index contributed by atoms with van der Waals surface area (Å²) in [6.45, 7) is 1.86. The largest absolute Gasteiger partial charge is 0.494 e. The maximum atomic E-state index is 11.9. The van der Waals surface area contributed by atoms with Crippen molar-refractivity contribution in [1.82, 2.24) is 10.3 Å². The van der Waals surface area contributed by atoms with Gasteiger partial charge in [0.25, 0.3) is 5.91 Å². The number of carboxylic acid groups (broad SMARTS) is 1.